The number of furan rings is 2. The monoisotopic (exact) mass is 1320 g/mol. The van der Waals surface area contributed by atoms with E-state index in [0.717, 1.165) is 128 Å². The highest BCUT2D eigenvalue weighted by atomic mass is 32.1. The second-order valence-electron chi connectivity index (χ2n) is 26.7. The Kier molecular flexibility index (Phi) is 12.9. The normalized spacial score (nSPS) is 12.0. The van der Waals surface area contributed by atoms with Crippen LogP contribution in [0.15, 0.2) is 342 Å². The summed E-state index contributed by atoms with van der Waals surface area (Å²) in [6.45, 7) is 2.16. The number of hydrogen-bond acceptors (Lipinski definition) is 6. The molecule has 0 aliphatic heterocycles. The van der Waals surface area contributed by atoms with Crippen molar-refractivity contribution in [3.63, 3.8) is 0 Å². The van der Waals surface area contributed by atoms with Gasteiger partial charge in [-0.3, -0.25) is 0 Å². The predicted octanol–water partition coefficient (Wildman–Crippen LogP) is 28.8. The number of hydrogen-bond donors (Lipinski definition) is 0. The molecule has 21 rings (SSSR count). The molecule has 0 spiro atoms. The highest BCUT2D eigenvalue weighted by Crippen LogP contribution is 2.54. The minimum atomic E-state index is 0.832. The van der Waals surface area contributed by atoms with E-state index in [4.69, 9.17) is 8.83 Å². The maximum atomic E-state index is 7.48. The molecule has 0 radical (unpaired) electrons. The van der Waals surface area contributed by atoms with Crippen LogP contribution >= 0.6 is 22.7 Å². The SMILES string of the molecule is Cc1ccc(N(c2cc3sc4cc5ccccc5cc4c3c3ccccc23)c2cccc3c2oc2c(-c4ccccc4)cc(-c4ccc5cc6c(cc5c4)sc4cc(N(c5ccccc5-c5ccccc5)c5cccc7c5oc5c(-c8ccccc8)cccc57)c5ccccc5c46)cc23)cc1. The Labute approximate surface area is 589 Å². The summed E-state index contributed by atoms with van der Waals surface area (Å²) < 4.78 is 19.7. The summed E-state index contributed by atoms with van der Waals surface area (Å²) in [5, 5.41) is 19.0. The molecule has 0 aliphatic rings. The fourth-order valence-corrected chi connectivity index (χ4v) is 18.5. The average Bonchev–Trinajstić information content (AvgIpc) is 1.63. The maximum Gasteiger partial charge on any atom is 0.159 e. The lowest BCUT2D eigenvalue weighted by Gasteiger charge is -2.29. The van der Waals surface area contributed by atoms with Crippen molar-refractivity contribution in [2.75, 3.05) is 9.80 Å². The molecule has 0 saturated carbocycles. The lowest BCUT2D eigenvalue weighted by atomic mass is 9.94. The minimum Gasteiger partial charge on any atom is -0.453 e. The molecule has 4 aromatic heterocycles. The van der Waals surface area contributed by atoms with Crippen molar-refractivity contribution in [2.45, 2.75) is 6.92 Å². The van der Waals surface area contributed by atoms with Crippen molar-refractivity contribution in [3.05, 3.63) is 339 Å². The molecule has 0 N–H and O–H groups in total. The van der Waals surface area contributed by atoms with Gasteiger partial charge in [0.25, 0.3) is 0 Å². The van der Waals surface area contributed by atoms with Gasteiger partial charge in [0.15, 0.2) is 11.2 Å². The van der Waals surface area contributed by atoms with Crippen molar-refractivity contribution in [3.8, 4) is 44.5 Å². The Hall–Kier alpha value is -12.6. The van der Waals surface area contributed by atoms with Crippen molar-refractivity contribution >= 4 is 184 Å². The zero-order valence-electron chi connectivity index (χ0n) is 54.8. The van der Waals surface area contributed by atoms with E-state index in [1.54, 1.807) is 0 Å². The summed E-state index contributed by atoms with van der Waals surface area (Å²) in [5.41, 5.74) is 19.7. The molecule has 472 valence electrons. The summed E-state index contributed by atoms with van der Waals surface area (Å²) in [7, 11) is 0. The minimum absolute atomic E-state index is 0.832. The van der Waals surface area contributed by atoms with E-state index in [-0.39, 0.29) is 0 Å². The first-order valence-corrected chi connectivity index (χ1v) is 36.1. The molecule has 21 aromatic rings. The van der Waals surface area contributed by atoms with Crippen LogP contribution in [0.2, 0.25) is 0 Å². The molecular formula is C95H58N2O2S2. The Bertz CT molecular complexity index is 6970. The summed E-state index contributed by atoms with van der Waals surface area (Å²) >= 11 is 3.73. The lowest BCUT2D eigenvalue weighted by molar-refractivity contribution is 0.670. The fourth-order valence-electron chi connectivity index (χ4n) is 16.1. The van der Waals surface area contributed by atoms with E-state index >= 15 is 0 Å². The van der Waals surface area contributed by atoms with Gasteiger partial charge in [-0.1, -0.05) is 254 Å². The van der Waals surface area contributed by atoms with Gasteiger partial charge in [-0.05, 0) is 152 Å². The smallest absolute Gasteiger partial charge is 0.159 e. The van der Waals surface area contributed by atoms with Crippen LogP contribution in [0.25, 0.3) is 172 Å². The van der Waals surface area contributed by atoms with Crippen LogP contribution in [-0.2, 0) is 0 Å². The number of thiophene rings is 2. The summed E-state index contributed by atoms with van der Waals surface area (Å²) in [5.74, 6) is 0. The highest BCUT2D eigenvalue weighted by Gasteiger charge is 2.29. The van der Waals surface area contributed by atoms with Crippen molar-refractivity contribution in [2.24, 2.45) is 0 Å². The predicted molar refractivity (Wildman–Crippen MR) is 433 cm³/mol. The van der Waals surface area contributed by atoms with Crippen LogP contribution in [-0.4, -0.2) is 0 Å². The third kappa shape index (κ3) is 9.12. The van der Waals surface area contributed by atoms with Crippen LogP contribution in [0.3, 0.4) is 0 Å². The number of para-hydroxylation sites is 4. The molecule has 17 aromatic carbocycles. The molecule has 0 fully saturated rings. The quantitative estimate of drug-likeness (QED) is 0.137. The third-order valence-electron chi connectivity index (χ3n) is 20.8. The Morgan fingerprint density at radius 3 is 1.31 bits per heavy atom. The molecule has 0 unspecified atom stereocenters. The van der Waals surface area contributed by atoms with Gasteiger partial charge in [0.1, 0.15) is 11.2 Å². The van der Waals surface area contributed by atoms with Crippen LogP contribution in [0.5, 0.6) is 0 Å². The topological polar surface area (TPSA) is 32.8 Å². The van der Waals surface area contributed by atoms with Crippen molar-refractivity contribution in [1.29, 1.82) is 0 Å². The molecule has 0 bridgehead atoms. The second-order valence-corrected chi connectivity index (χ2v) is 28.8. The standard InChI is InChI=1S/C95H58N2O2S2/c1-57-42-46-67(47-43-57)96(84-55-88-90(72-33-15-13-31-70(72)84)79-49-61-28-11-12-29-62(61)53-86(79)100-88)82-40-21-38-76-78-52-66(51-77(93(78)99-95(76)82)60-26-9-4-10-27-60)63-44-45-64-50-80-87(54-65(64)48-63)101-89-56-85(71-32-14-16-34-73(71)91(80)89)97(81-39-18-17-30-68(81)58-22-5-2-6-23-58)83-41-20-37-75-74-36-19-35-69(92(74)98-94(75)83)59-24-7-3-8-25-59/h2-56H,1H3. The van der Waals surface area contributed by atoms with Gasteiger partial charge in [0.2, 0.25) is 0 Å². The molecule has 4 nitrogen and oxygen atoms in total. The largest absolute Gasteiger partial charge is 0.453 e. The van der Waals surface area contributed by atoms with Gasteiger partial charge < -0.3 is 18.6 Å². The molecule has 4 heterocycles. The van der Waals surface area contributed by atoms with Crippen LogP contribution in [0, 0.1) is 6.92 Å². The Morgan fingerprint density at radius 2 is 0.673 bits per heavy atom. The highest BCUT2D eigenvalue weighted by molar-refractivity contribution is 7.26. The zero-order chi connectivity index (χ0) is 66.4. The number of anilines is 6. The third-order valence-corrected chi connectivity index (χ3v) is 23.0. The molecule has 0 amide bonds. The summed E-state index contributed by atoms with van der Waals surface area (Å²) in [6.07, 6.45) is 0. The van der Waals surface area contributed by atoms with Crippen LogP contribution in [0.4, 0.5) is 34.1 Å². The van der Waals surface area contributed by atoms with Crippen molar-refractivity contribution < 1.29 is 8.83 Å². The maximum absolute atomic E-state index is 7.48. The Balaban J connectivity index is 0.734. The first kappa shape index (κ1) is 57.5. The van der Waals surface area contributed by atoms with Gasteiger partial charge in [-0.25, -0.2) is 0 Å². The average molecular weight is 1320 g/mol. The number of rotatable bonds is 10. The van der Waals surface area contributed by atoms with Gasteiger partial charge in [0, 0.05) is 95.0 Å². The number of nitrogens with zero attached hydrogens (tertiary/aromatic N) is 2. The second kappa shape index (κ2) is 22.7. The van der Waals surface area contributed by atoms with E-state index < -0.39 is 0 Å². The zero-order valence-corrected chi connectivity index (χ0v) is 56.4. The van der Waals surface area contributed by atoms with Gasteiger partial charge >= 0.3 is 0 Å². The molecule has 0 atom stereocenters. The van der Waals surface area contributed by atoms with Gasteiger partial charge in [-0.15, -0.1) is 22.7 Å². The van der Waals surface area contributed by atoms with Crippen LogP contribution < -0.4 is 9.80 Å². The first-order chi connectivity index (χ1) is 50.0. The Morgan fingerprint density at radius 1 is 0.228 bits per heavy atom. The molecule has 0 aliphatic carbocycles. The van der Waals surface area contributed by atoms with Gasteiger partial charge in [-0.2, -0.15) is 0 Å². The molecule has 6 heteroatoms. The van der Waals surface area contributed by atoms with Crippen LogP contribution in [0.1, 0.15) is 5.56 Å². The summed E-state index contributed by atoms with van der Waals surface area (Å²) in [6, 6.07) is 122. The first-order valence-electron chi connectivity index (χ1n) is 34.4. The van der Waals surface area contributed by atoms with E-state index in [2.05, 4.69) is 350 Å². The van der Waals surface area contributed by atoms with Gasteiger partial charge in [0.05, 0.1) is 28.4 Å². The fraction of sp³-hybridized carbons (Fsp3) is 0.0105. The van der Waals surface area contributed by atoms with E-state index in [9.17, 15) is 0 Å². The molecule has 0 saturated heterocycles. The lowest BCUT2D eigenvalue weighted by Crippen LogP contribution is -2.12. The number of benzene rings is 17. The number of aryl methyl sites for hydroxylation is 1. The number of fused-ring (bicyclic) bond motifs is 18. The van der Waals surface area contributed by atoms with E-state index in [1.807, 2.05) is 22.7 Å². The van der Waals surface area contributed by atoms with Crippen molar-refractivity contribution in [1.82, 2.24) is 0 Å². The molecular weight excluding hydrogens is 1270 g/mol. The summed E-state index contributed by atoms with van der Waals surface area (Å²) in [4.78, 5) is 4.90. The van der Waals surface area contributed by atoms with E-state index in [0.29, 0.717) is 0 Å². The molecule has 101 heavy (non-hydrogen) atoms. The van der Waals surface area contributed by atoms with E-state index in [1.165, 1.54) is 83.6 Å².